The topological polar surface area (TPSA) is 37.3 Å². The zero-order chi connectivity index (χ0) is 18.4. The fourth-order valence-corrected chi connectivity index (χ4v) is 4.31. The molecule has 0 atom stereocenters. The van der Waals surface area contributed by atoms with Gasteiger partial charge in [0.25, 0.3) is 0 Å². The molecule has 0 saturated heterocycles. The highest BCUT2D eigenvalue weighted by Gasteiger charge is 2.33. The van der Waals surface area contributed by atoms with Gasteiger partial charge in [0.15, 0.2) is 5.78 Å². The lowest BCUT2D eigenvalue weighted by Crippen LogP contribution is -2.07. The van der Waals surface area contributed by atoms with Crippen molar-refractivity contribution in [1.82, 2.24) is 0 Å². The average Bonchev–Trinajstić information content (AvgIpc) is 2.97. The normalized spacial score (nSPS) is 12.2. The summed E-state index contributed by atoms with van der Waals surface area (Å²) in [6, 6.07) is 15.8. The Hall–Kier alpha value is -2.71. The molecule has 2 nitrogen and oxygen atoms in total. The van der Waals surface area contributed by atoms with Gasteiger partial charge in [-0.15, -0.1) is 0 Å². The number of hydrogen-bond acceptors (Lipinski definition) is 2. The van der Waals surface area contributed by atoms with E-state index in [2.05, 4.69) is 20.8 Å². The molecule has 1 N–H and O–H groups in total. The Labute approximate surface area is 154 Å². The van der Waals surface area contributed by atoms with Crippen molar-refractivity contribution in [1.29, 1.82) is 0 Å². The van der Waals surface area contributed by atoms with Crippen LogP contribution in [0.4, 0.5) is 0 Å². The van der Waals surface area contributed by atoms with Crippen LogP contribution >= 0.6 is 0 Å². The highest BCUT2D eigenvalue weighted by Crippen LogP contribution is 2.46. The number of fused-ring (bicyclic) bond motifs is 3. The molecule has 3 aromatic carbocycles. The molecule has 0 amide bonds. The molecule has 26 heavy (non-hydrogen) atoms. The summed E-state index contributed by atoms with van der Waals surface area (Å²) in [6.07, 6.45) is 0.776. The molecule has 4 rings (SSSR count). The van der Waals surface area contributed by atoms with Crippen LogP contribution < -0.4 is 0 Å². The molecule has 3 aromatic rings. The van der Waals surface area contributed by atoms with Crippen molar-refractivity contribution < 1.29 is 9.90 Å². The molecule has 130 valence electrons. The van der Waals surface area contributed by atoms with Crippen LogP contribution in [0, 0.1) is 13.8 Å². The molecule has 0 spiro atoms. The minimum absolute atomic E-state index is 0.0108. The van der Waals surface area contributed by atoms with Gasteiger partial charge in [0.05, 0.1) is 6.61 Å². The molecule has 0 aliphatic heterocycles. The first-order valence-corrected chi connectivity index (χ1v) is 9.09. The summed E-state index contributed by atoms with van der Waals surface area (Å²) < 4.78 is 0. The molecule has 0 unspecified atom stereocenters. The largest absolute Gasteiger partial charge is 0.392 e. The molecule has 0 saturated carbocycles. The zero-order valence-electron chi connectivity index (χ0n) is 15.4. The van der Waals surface area contributed by atoms with E-state index >= 15 is 0 Å². The van der Waals surface area contributed by atoms with Crippen LogP contribution in [0.1, 0.15) is 45.1 Å². The minimum atomic E-state index is -0.0108. The maximum Gasteiger partial charge on any atom is 0.194 e. The molecular formula is C24H22O2. The van der Waals surface area contributed by atoms with Crippen LogP contribution in [0.25, 0.3) is 22.3 Å². The molecule has 1 aliphatic carbocycles. The van der Waals surface area contributed by atoms with Crippen LogP contribution in [0.15, 0.2) is 48.5 Å². The Balaban J connectivity index is 2.13. The van der Waals surface area contributed by atoms with Gasteiger partial charge in [-0.25, -0.2) is 0 Å². The first kappa shape index (κ1) is 16.7. The van der Waals surface area contributed by atoms with E-state index in [0.717, 1.165) is 56.5 Å². The monoisotopic (exact) mass is 342 g/mol. The van der Waals surface area contributed by atoms with Crippen molar-refractivity contribution in [2.45, 2.75) is 33.8 Å². The Morgan fingerprint density at radius 1 is 0.769 bits per heavy atom. The van der Waals surface area contributed by atoms with E-state index in [1.165, 1.54) is 5.56 Å². The summed E-state index contributed by atoms with van der Waals surface area (Å²) in [6.45, 7) is 6.33. The molecule has 0 aromatic heterocycles. The fourth-order valence-electron chi connectivity index (χ4n) is 4.31. The van der Waals surface area contributed by atoms with E-state index in [1.54, 1.807) is 0 Å². The van der Waals surface area contributed by atoms with Crippen molar-refractivity contribution in [2.75, 3.05) is 0 Å². The predicted octanol–water partition coefficient (Wildman–Crippen LogP) is 5.24. The van der Waals surface area contributed by atoms with Crippen LogP contribution in [0.5, 0.6) is 0 Å². The van der Waals surface area contributed by atoms with Gasteiger partial charge < -0.3 is 5.11 Å². The van der Waals surface area contributed by atoms with E-state index in [4.69, 9.17) is 0 Å². The van der Waals surface area contributed by atoms with E-state index in [9.17, 15) is 9.90 Å². The number of carbonyl (C=O) groups excluding carboxylic acids is 1. The second-order valence-corrected chi connectivity index (χ2v) is 6.90. The molecule has 2 heteroatoms. The van der Waals surface area contributed by atoms with E-state index in [-0.39, 0.29) is 12.4 Å². The fraction of sp³-hybridized carbons (Fsp3) is 0.208. The van der Waals surface area contributed by atoms with Gasteiger partial charge in [0.1, 0.15) is 0 Å². The average molecular weight is 342 g/mol. The van der Waals surface area contributed by atoms with Gasteiger partial charge in [0.2, 0.25) is 0 Å². The van der Waals surface area contributed by atoms with Gasteiger partial charge in [-0.1, -0.05) is 55.5 Å². The molecular weight excluding hydrogens is 320 g/mol. The Morgan fingerprint density at radius 2 is 1.35 bits per heavy atom. The van der Waals surface area contributed by atoms with Crippen molar-refractivity contribution in [3.63, 3.8) is 0 Å². The van der Waals surface area contributed by atoms with Crippen molar-refractivity contribution in [3.05, 3.63) is 81.9 Å². The minimum Gasteiger partial charge on any atom is -0.392 e. The van der Waals surface area contributed by atoms with Gasteiger partial charge >= 0.3 is 0 Å². The number of aliphatic hydroxyl groups is 1. The number of rotatable bonds is 3. The van der Waals surface area contributed by atoms with Crippen molar-refractivity contribution in [3.8, 4) is 22.3 Å². The molecule has 0 fully saturated rings. The van der Waals surface area contributed by atoms with Crippen LogP contribution in [-0.2, 0) is 13.0 Å². The third-order valence-corrected chi connectivity index (χ3v) is 5.64. The number of ketones is 1. The van der Waals surface area contributed by atoms with E-state index < -0.39 is 0 Å². The Bertz CT molecular complexity index is 1040. The second kappa shape index (κ2) is 6.22. The summed E-state index contributed by atoms with van der Waals surface area (Å²) in [4.78, 5) is 13.2. The summed E-state index contributed by atoms with van der Waals surface area (Å²) in [5.74, 6) is 0.123. The quantitative estimate of drug-likeness (QED) is 0.553. The van der Waals surface area contributed by atoms with Crippen molar-refractivity contribution in [2.24, 2.45) is 0 Å². The summed E-state index contributed by atoms with van der Waals surface area (Å²) in [7, 11) is 0. The first-order chi connectivity index (χ1) is 12.6. The third-order valence-electron chi connectivity index (χ3n) is 5.64. The molecule has 0 bridgehead atoms. The highest BCUT2D eigenvalue weighted by atomic mass is 16.3. The number of benzene rings is 3. The Kier molecular flexibility index (Phi) is 4.01. The summed E-state index contributed by atoms with van der Waals surface area (Å²) in [5, 5.41) is 9.82. The van der Waals surface area contributed by atoms with Gasteiger partial charge in [-0.2, -0.15) is 0 Å². The number of hydrogen-bond donors (Lipinski definition) is 1. The van der Waals surface area contributed by atoms with Crippen LogP contribution in [0.2, 0.25) is 0 Å². The predicted molar refractivity (Wildman–Crippen MR) is 106 cm³/mol. The van der Waals surface area contributed by atoms with E-state index in [0.29, 0.717) is 0 Å². The molecule has 1 aliphatic rings. The maximum atomic E-state index is 13.2. The smallest absolute Gasteiger partial charge is 0.194 e. The van der Waals surface area contributed by atoms with Gasteiger partial charge in [0, 0.05) is 11.1 Å². The SMILES string of the molecule is CCc1c2c(c(C)c(C)c1-c1ccccc1CO)-c1ccccc1C2=O. The number of aliphatic hydroxyl groups excluding tert-OH is 1. The lowest BCUT2D eigenvalue weighted by atomic mass is 9.82. The van der Waals surface area contributed by atoms with Crippen LogP contribution in [-0.4, -0.2) is 10.9 Å². The lowest BCUT2D eigenvalue weighted by Gasteiger charge is -2.21. The maximum absolute atomic E-state index is 13.2. The van der Waals surface area contributed by atoms with Gasteiger partial charge in [-0.3, -0.25) is 4.79 Å². The summed E-state index contributed by atoms with van der Waals surface area (Å²) >= 11 is 0. The molecule has 0 heterocycles. The lowest BCUT2D eigenvalue weighted by molar-refractivity contribution is 0.104. The zero-order valence-corrected chi connectivity index (χ0v) is 15.4. The summed E-state index contributed by atoms with van der Waals surface area (Å²) in [5.41, 5.74) is 10.2. The van der Waals surface area contributed by atoms with Gasteiger partial charge in [-0.05, 0) is 64.8 Å². The molecule has 0 radical (unpaired) electrons. The van der Waals surface area contributed by atoms with Crippen LogP contribution in [0.3, 0.4) is 0 Å². The van der Waals surface area contributed by atoms with E-state index in [1.807, 2.05) is 48.5 Å². The number of carbonyl (C=O) groups is 1. The standard InChI is InChI=1S/C24H22O2/c1-4-17-21(18-10-6-5-9-16(18)13-25)14(2)15(3)22-19-11-7-8-12-20(19)24(26)23(17)22/h5-12,25H,4,13H2,1-3H3. The second-order valence-electron chi connectivity index (χ2n) is 6.90. The van der Waals surface area contributed by atoms with Crippen molar-refractivity contribution >= 4 is 5.78 Å². The third kappa shape index (κ3) is 2.19. The Morgan fingerprint density at radius 3 is 2.00 bits per heavy atom. The highest BCUT2D eigenvalue weighted by molar-refractivity contribution is 6.24. The first-order valence-electron chi connectivity index (χ1n) is 9.09.